The van der Waals surface area contributed by atoms with Crippen LogP contribution >= 0.6 is 0 Å². The Hall–Kier alpha value is -0.870. The van der Waals surface area contributed by atoms with Crippen LogP contribution in [-0.4, -0.2) is 41.4 Å². The summed E-state index contributed by atoms with van der Waals surface area (Å²) in [5.41, 5.74) is 1.30. The molecule has 0 amide bonds. The highest BCUT2D eigenvalue weighted by atomic mass is 15.2. The minimum Gasteiger partial charge on any atom is -0.316 e. The highest BCUT2D eigenvalue weighted by Crippen LogP contribution is 2.10. The lowest BCUT2D eigenvalue weighted by Gasteiger charge is -2.28. The van der Waals surface area contributed by atoms with E-state index in [0.29, 0.717) is 0 Å². The number of aryl methyl sites for hydroxylation is 1. The number of nitrogens with one attached hydrogen (secondary N) is 1. The summed E-state index contributed by atoms with van der Waals surface area (Å²) in [4.78, 5) is 2.37. The smallest absolute Gasteiger partial charge is 0.0534 e. The van der Waals surface area contributed by atoms with Gasteiger partial charge in [-0.2, -0.15) is 5.10 Å². The number of nitrogens with zero attached hydrogens (tertiary/aromatic N) is 3. The highest BCUT2D eigenvalue weighted by Gasteiger charge is 2.16. The van der Waals surface area contributed by atoms with Crippen LogP contribution in [0.2, 0.25) is 0 Å². The molecule has 0 saturated carbocycles. The van der Waals surface area contributed by atoms with Crippen molar-refractivity contribution >= 4 is 0 Å². The molecule has 0 unspecified atom stereocenters. The lowest BCUT2D eigenvalue weighted by atomic mass is 9.99. The van der Waals surface area contributed by atoms with Gasteiger partial charge in [-0.3, -0.25) is 4.68 Å². The molecule has 1 aromatic rings. The Morgan fingerprint density at radius 1 is 1.60 bits per heavy atom. The van der Waals surface area contributed by atoms with Gasteiger partial charge in [0.25, 0.3) is 0 Å². The van der Waals surface area contributed by atoms with Crippen LogP contribution in [-0.2, 0) is 13.6 Å². The van der Waals surface area contributed by atoms with Crippen LogP contribution in [0.1, 0.15) is 12.0 Å². The van der Waals surface area contributed by atoms with Gasteiger partial charge in [-0.05, 0) is 39.0 Å². The van der Waals surface area contributed by atoms with Crippen LogP contribution in [0.3, 0.4) is 0 Å². The third-order valence-corrected chi connectivity index (χ3v) is 3.00. The summed E-state index contributed by atoms with van der Waals surface area (Å²) in [5, 5.41) is 7.48. The summed E-state index contributed by atoms with van der Waals surface area (Å²) in [6.45, 7) is 4.61. The molecule has 0 radical (unpaired) electrons. The van der Waals surface area contributed by atoms with Crippen molar-refractivity contribution in [2.24, 2.45) is 13.0 Å². The summed E-state index contributed by atoms with van der Waals surface area (Å²) in [7, 11) is 4.14. The van der Waals surface area contributed by atoms with E-state index < -0.39 is 0 Å². The summed E-state index contributed by atoms with van der Waals surface area (Å²) in [6, 6.07) is 0. The molecule has 4 heteroatoms. The largest absolute Gasteiger partial charge is 0.316 e. The van der Waals surface area contributed by atoms with Crippen molar-refractivity contribution in [2.45, 2.75) is 13.0 Å². The molecule has 2 rings (SSSR count). The fraction of sp³-hybridized carbons (Fsp3) is 0.727. The zero-order valence-corrected chi connectivity index (χ0v) is 9.61. The molecule has 2 heterocycles. The Bertz CT molecular complexity index is 303. The van der Waals surface area contributed by atoms with Crippen LogP contribution in [0.4, 0.5) is 0 Å². The van der Waals surface area contributed by atoms with E-state index in [0.717, 1.165) is 12.5 Å². The molecule has 1 fully saturated rings. The summed E-state index contributed by atoms with van der Waals surface area (Å²) in [6.07, 6.45) is 5.34. The number of hydrogen-bond acceptors (Lipinski definition) is 3. The summed E-state index contributed by atoms with van der Waals surface area (Å²) < 4.78 is 1.86. The summed E-state index contributed by atoms with van der Waals surface area (Å²) >= 11 is 0. The quantitative estimate of drug-likeness (QED) is 0.763. The zero-order valence-electron chi connectivity index (χ0n) is 9.61. The van der Waals surface area contributed by atoms with E-state index in [1.54, 1.807) is 0 Å². The first-order valence-corrected chi connectivity index (χ1v) is 5.61. The van der Waals surface area contributed by atoms with Gasteiger partial charge in [-0.25, -0.2) is 0 Å². The van der Waals surface area contributed by atoms with Crippen molar-refractivity contribution in [3.63, 3.8) is 0 Å². The number of hydrogen-bond donors (Lipinski definition) is 1. The molecule has 84 valence electrons. The van der Waals surface area contributed by atoms with Gasteiger partial charge in [0, 0.05) is 25.4 Å². The van der Waals surface area contributed by atoms with Crippen LogP contribution < -0.4 is 5.32 Å². The lowest BCUT2D eigenvalue weighted by Crippen LogP contribution is -2.43. The van der Waals surface area contributed by atoms with Gasteiger partial charge in [0.1, 0.15) is 0 Å². The van der Waals surface area contributed by atoms with E-state index in [-0.39, 0.29) is 0 Å². The summed E-state index contributed by atoms with van der Waals surface area (Å²) in [5.74, 6) is 0.904. The maximum atomic E-state index is 4.17. The molecular weight excluding hydrogens is 188 g/mol. The van der Waals surface area contributed by atoms with Gasteiger partial charge in [0.05, 0.1) is 6.20 Å². The molecule has 0 aliphatic carbocycles. The Balaban J connectivity index is 1.69. The molecule has 1 aliphatic heterocycles. The molecule has 15 heavy (non-hydrogen) atoms. The Labute approximate surface area is 91.3 Å². The van der Waals surface area contributed by atoms with E-state index in [1.807, 2.05) is 17.9 Å². The second-order valence-electron chi connectivity index (χ2n) is 4.57. The molecule has 1 aliphatic rings. The molecule has 1 N–H and O–H groups in total. The van der Waals surface area contributed by atoms with Crippen LogP contribution in [0.5, 0.6) is 0 Å². The predicted molar refractivity (Wildman–Crippen MR) is 60.5 cm³/mol. The van der Waals surface area contributed by atoms with Gasteiger partial charge in [-0.1, -0.05) is 0 Å². The first kappa shape index (κ1) is 10.6. The van der Waals surface area contributed by atoms with Crippen molar-refractivity contribution in [3.05, 3.63) is 18.0 Å². The SMILES string of the molecule is CN(CCC1CNC1)Cc1cnn(C)c1. The molecule has 1 saturated heterocycles. The normalized spacial score (nSPS) is 17.0. The fourth-order valence-electron chi connectivity index (χ4n) is 1.90. The van der Waals surface area contributed by atoms with Gasteiger partial charge < -0.3 is 10.2 Å². The van der Waals surface area contributed by atoms with Gasteiger partial charge >= 0.3 is 0 Å². The van der Waals surface area contributed by atoms with Gasteiger partial charge in [-0.15, -0.1) is 0 Å². The molecule has 0 aromatic carbocycles. The van der Waals surface area contributed by atoms with Crippen molar-refractivity contribution in [3.8, 4) is 0 Å². The monoisotopic (exact) mass is 208 g/mol. The van der Waals surface area contributed by atoms with Gasteiger partial charge in [0.15, 0.2) is 0 Å². The van der Waals surface area contributed by atoms with Crippen LogP contribution in [0.25, 0.3) is 0 Å². The second kappa shape index (κ2) is 4.77. The molecule has 0 atom stereocenters. The predicted octanol–water partition coefficient (Wildman–Crippen LogP) is 0.461. The Kier molecular flexibility index (Phi) is 3.38. The van der Waals surface area contributed by atoms with E-state index in [4.69, 9.17) is 0 Å². The van der Waals surface area contributed by atoms with Crippen LogP contribution in [0.15, 0.2) is 12.4 Å². The zero-order chi connectivity index (χ0) is 10.7. The van der Waals surface area contributed by atoms with Crippen molar-refractivity contribution in [2.75, 3.05) is 26.7 Å². The van der Waals surface area contributed by atoms with Crippen LogP contribution in [0, 0.1) is 5.92 Å². The van der Waals surface area contributed by atoms with Crippen molar-refractivity contribution in [1.29, 1.82) is 0 Å². The third-order valence-electron chi connectivity index (χ3n) is 3.00. The second-order valence-corrected chi connectivity index (χ2v) is 4.57. The topological polar surface area (TPSA) is 33.1 Å². The fourth-order valence-corrected chi connectivity index (χ4v) is 1.90. The van der Waals surface area contributed by atoms with Crippen molar-refractivity contribution in [1.82, 2.24) is 20.0 Å². The van der Waals surface area contributed by atoms with Gasteiger partial charge in [0.2, 0.25) is 0 Å². The van der Waals surface area contributed by atoms with E-state index in [2.05, 4.69) is 28.6 Å². The first-order valence-electron chi connectivity index (χ1n) is 5.61. The van der Waals surface area contributed by atoms with E-state index in [1.165, 1.54) is 31.6 Å². The maximum Gasteiger partial charge on any atom is 0.0534 e. The van der Waals surface area contributed by atoms with E-state index in [9.17, 15) is 0 Å². The molecule has 0 spiro atoms. The number of rotatable bonds is 5. The molecule has 1 aromatic heterocycles. The standard InChI is InChI=1S/C11H20N4/c1-14(4-3-10-5-12-6-10)8-11-7-13-15(2)9-11/h7,9-10,12H,3-6,8H2,1-2H3. The minimum absolute atomic E-state index is 0.904. The average Bonchev–Trinajstić information content (AvgIpc) is 2.48. The van der Waals surface area contributed by atoms with Crippen molar-refractivity contribution < 1.29 is 0 Å². The number of aromatic nitrogens is 2. The first-order chi connectivity index (χ1) is 7.24. The molecular formula is C11H20N4. The Morgan fingerprint density at radius 3 is 2.93 bits per heavy atom. The average molecular weight is 208 g/mol. The molecule has 0 bridgehead atoms. The lowest BCUT2D eigenvalue weighted by molar-refractivity contribution is 0.252. The van der Waals surface area contributed by atoms with E-state index >= 15 is 0 Å². The minimum atomic E-state index is 0.904. The maximum absolute atomic E-state index is 4.17. The highest BCUT2D eigenvalue weighted by molar-refractivity contribution is 5.02. The third kappa shape index (κ3) is 3.04. The molecule has 4 nitrogen and oxygen atoms in total. The Morgan fingerprint density at radius 2 is 2.40 bits per heavy atom.